The van der Waals surface area contributed by atoms with E-state index in [0.29, 0.717) is 19.6 Å². The Hall–Kier alpha value is -1.05. The number of hydrogen-bond donors (Lipinski definition) is 1. The molecule has 2 rings (SSSR count). The number of rotatable bonds is 2. The summed E-state index contributed by atoms with van der Waals surface area (Å²) in [6.07, 6.45) is 4.13. The smallest absolute Gasteiger partial charge is 0.262 e. The first-order valence-electron chi connectivity index (χ1n) is 5.11. The van der Waals surface area contributed by atoms with Crippen LogP contribution in [-0.4, -0.2) is 48.4 Å². The molecule has 88 valence electrons. The molecule has 1 N–H and O–H groups in total. The summed E-state index contributed by atoms with van der Waals surface area (Å²) in [7, 11) is -3.49. The van der Waals surface area contributed by atoms with E-state index in [1.807, 2.05) is 6.92 Å². The second kappa shape index (κ2) is 4.44. The number of nitrogens with one attached hydrogen (secondary N) is 1. The summed E-state index contributed by atoms with van der Waals surface area (Å²) in [5.74, 6) is 0. The molecule has 1 aliphatic rings. The van der Waals surface area contributed by atoms with Gasteiger partial charge in [0.1, 0.15) is 0 Å². The van der Waals surface area contributed by atoms with E-state index in [0.717, 1.165) is 0 Å². The molecule has 6 nitrogen and oxygen atoms in total. The van der Waals surface area contributed by atoms with E-state index in [2.05, 4.69) is 15.3 Å². The van der Waals surface area contributed by atoms with Crippen LogP contribution in [0.2, 0.25) is 0 Å². The van der Waals surface area contributed by atoms with Crippen LogP contribution in [0, 0.1) is 0 Å². The lowest BCUT2D eigenvalue weighted by molar-refractivity contribution is 0.283. The van der Waals surface area contributed by atoms with Crippen LogP contribution in [0.3, 0.4) is 0 Å². The van der Waals surface area contributed by atoms with E-state index >= 15 is 0 Å². The summed E-state index contributed by atoms with van der Waals surface area (Å²) in [6, 6.07) is -0.0549. The molecule has 7 heteroatoms. The van der Waals surface area contributed by atoms with Crippen LogP contribution in [0.5, 0.6) is 0 Å². The van der Waals surface area contributed by atoms with Crippen molar-refractivity contribution >= 4 is 10.0 Å². The number of hydrogen-bond acceptors (Lipinski definition) is 5. The zero-order chi connectivity index (χ0) is 11.6. The van der Waals surface area contributed by atoms with Gasteiger partial charge < -0.3 is 5.32 Å². The molecular weight excluding hydrogens is 228 g/mol. The van der Waals surface area contributed by atoms with Crippen LogP contribution in [0.15, 0.2) is 23.6 Å². The van der Waals surface area contributed by atoms with Gasteiger partial charge in [0.15, 0.2) is 5.03 Å². The van der Waals surface area contributed by atoms with Crippen molar-refractivity contribution in [3.8, 4) is 0 Å². The molecule has 0 spiro atoms. The molecule has 2 heterocycles. The van der Waals surface area contributed by atoms with E-state index in [4.69, 9.17) is 0 Å². The highest BCUT2D eigenvalue weighted by molar-refractivity contribution is 7.89. The van der Waals surface area contributed by atoms with E-state index in [1.54, 1.807) is 0 Å². The molecule has 1 saturated heterocycles. The molecule has 0 bridgehead atoms. The van der Waals surface area contributed by atoms with Crippen molar-refractivity contribution in [3.05, 3.63) is 18.6 Å². The van der Waals surface area contributed by atoms with Gasteiger partial charge in [0.05, 0.1) is 6.20 Å². The minimum absolute atomic E-state index is 0.0174. The van der Waals surface area contributed by atoms with Crippen molar-refractivity contribution in [1.29, 1.82) is 0 Å². The Kier molecular flexibility index (Phi) is 3.17. The lowest BCUT2D eigenvalue weighted by Crippen LogP contribution is -2.52. The Morgan fingerprint density at radius 3 is 2.94 bits per heavy atom. The number of sulfonamides is 1. The van der Waals surface area contributed by atoms with Crippen LogP contribution in [0.1, 0.15) is 6.92 Å². The first-order valence-corrected chi connectivity index (χ1v) is 6.55. The fraction of sp³-hybridized carbons (Fsp3) is 0.556. The van der Waals surface area contributed by atoms with Gasteiger partial charge in [-0.1, -0.05) is 0 Å². The van der Waals surface area contributed by atoms with Gasteiger partial charge in [-0.2, -0.15) is 4.31 Å². The van der Waals surface area contributed by atoms with E-state index in [1.165, 1.54) is 22.9 Å². The zero-order valence-corrected chi connectivity index (χ0v) is 9.81. The minimum atomic E-state index is -3.49. The van der Waals surface area contributed by atoms with Gasteiger partial charge in [-0.25, -0.2) is 13.4 Å². The molecule has 0 unspecified atom stereocenters. The Labute approximate surface area is 94.8 Å². The van der Waals surface area contributed by atoms with Crippen molar-refractivity contribution in [2.45, 2.75) is 18.0 Å². The third-order valence-electron chi connectivity index (χ3n) is 2.55. The average Bonchev–Trinajstić information content (AvgIpc) is 2.30. The van der Waals surface area contributed by atoms with Gasteiger partial charge in [0.2, 0.25) is 0 Å². The number of piperazine rings is 1. The van der Waals surface area contributed by atoms with Crippen LogP contribution in [-0.2, 0) is 10.0 Å². The zero-order valence-electron chi connectivity index (χ0n) is 9.00. The molecule has 1 aromatic rings. The third-order valence-corrected chi connectivity index (χ3v) is 4.45. The first-order chi connectivity index (χ1) is 7.62. The van der Waals surface area contributed by atoms with Gasteiger partial charge in [-0.05, 0) is 6.92 Å². The number of aromatic nitrogens is 2. The molecule has 16 heavy (non-hydrogen) atoms. The predicted molar refractivity (Wildman–Crippen MR) is 58.3 cm³/mol. The van der Waals surface area contributed by atoms with Gasteiger partial charge in [-0.3, -0.25) is 4.98 Å². The molecule has 0 amide bonds. The first kappa shape index (κ1) is 11.4. The Morgan fingerprint density at radius 1 is 1.50 bits per heavy atom. The van der Waals surface area contributed by atoms with E-state index < -0.39 is 10.0 Å². The van der Waals surface area contributed by atoms with Crippen molar-refractivity contribution in [2.24, 2.45) is 0 Å². The quantitative estimate of drug-likeness (QED) is 0.754. The molecule has 1 atom stereocenters. The van der Waals surface area contributed by atoms with Crippen molar-refractivity contribution in [1.82, 2.24) is 19.6 Å². The Morgan fingerprint density at radius 2 is 2.31 bits per heavy atom. The lowest BCUT2D eigenvalue weighted by Gasteiger charge is -2.32. The highest BCUT2D eigenvalue weighted by atomic mass is 32.2. The summed E-state index contributed by atoms with van der Waals surface area (Å²) < 4.78 is 25.9. The van der Waals surface area contributed by atoms with Crippen LogP contribution in [0.25, 0.3) is 0 Å². The topological polar surface area (TPSA) is 75.2 Å². The van der Waals surface area contributed by atoms with Crippen LogP contribution >= 0.6 is 0 Å². The SMILES string of the molecule is C[C@H]1CNCCN1S(=O)(=O)c1cnccn1. The van der Waals surface area contributed by atoms with Gasteiger partial charge in [-0.15, -0.1) is 0 Å². The van der Waals surface area contributed by atoms with Gasteiger partial charge in [0, 0.05) is 38.1 Å². The summed E-state index contributed by atoms with van der Waals surface area (Å²) in [4.78, 5) is 7.63. The van der Waals surface area contributed by atoms with Crippen molar-refractivity contribution in [2.75, 3.05) is 19.6 Å². The van der Waals surface area contributed by atoms with Gasteiger partial charge in [0.25, 0.3) is 10.0 Å². The fourth-order valence-corrected chi connectivity index (χ4v) is 3.23. The predicted octanol–water partition coefficient (Wildman–Crippen LogP) is -0.541. The fourth-order valence-electron chi connectivity index (χ4n) is 1.72. The summed E-state index contributed by atoms with van der Waals surface area (Å²) in [5, 5.41) is 3.16. The second-order valence-electron chi connectivity index (χ2n) is 3.71. The number of nitrogens with zero attached hydrogens (tertiary/aromatic N) is 3. The second-order valence-corrected chi connectivity index (χ2v) is 5.55. The minimum Gasteiger partial charge on any atom is -0.314 e. The molecule has 0 radical (unpaired) electrons. The lowest BCUT2D eigenvalue weighted by atomic mass is 10.3. The maximum absolute atomic E-state index is 12.2. The Bertz CT molecular complexity index is 448. The maximum atomic E-state index is 12.2. The standard InChI is InChI=1S/C9H14N4O2S/c1-8-6-11-4-5-13(8)16(14,15)9-7-10-2-3-12-9/h2-3,7-8,11H,4-6H2,1H3/t8-/m0/s1. The van der Waals surface area contributed by atoms with Crippen LogP contribution < -0.4 is 5.32 Å². The molecule has 0 aliphatic carbocycles. The summed E-state index contributed by atoms with van der Waals surface area (Å²) in [5.41, 5.74) is 0. The third kappa shape index (κ3) is 2.06. The largest absolute Gasteiger partial charge is 0.314 e. The van der Waals surface area contributed by atoms with Gasteiger partial charge >= 0.3 is 0 Å². The molecule has 0 saturated carbocycles. The molecular formula is C9H14N4O2S. The summed E-state index contributed by atoms with van der Waals surface area (Å²) in [6.45, 7) is 3.68. The summed E-state index contributed by atoms with van der Waals surface area (Å²) >= 11 is 0. The molecule has 1 aromatic heterocycles. The monoisotopic (exact) mass is 242 g/mol. The van der Waals surface area contributed by atoms with Crippen molar-refractivity contribution in [3.63, 3.8) is 0 Å². The Balaban J connectivity index is 2.32. The van der Waals surface area contributed by atoms with E-state index in [9.17, 15) is 8.42 Å². The molecule has 0 aromatic carbocycles. The molecule has 1 aliphatic heterocycles. The van der Waals surface area contributed by atoms with Crippen molar-refractivity contribution < 1.29 is 8.42 Å². The maximum Gasteiger partial charge on any atom is 0.262 e. The highest BCUT2D eigenvalue weighted by Gasteiger charge is 2.31. The molecule has 1 fully saturated rings. The normalized spacial score (nSPS) is 23.2. The van der Waals surface area contributed by atoms with Crippen LogP contribution in [0.4, 0.5) is 0 Å². The average molecular weight is 242 g/mol. The highest BCUT2D eigenvalue weighted by Crippen LogP contribution is 2.15. The van der Waals surface area contributed by atoms with E-state index in [-0.39, 0.29) is 11.1 Å².